The molecule has 3 heterocycles. The highest BCUT2D eigenvalue weighted by molar-refractivity contribution is 6.35. The van der Waals surface area contributed by atoms with Gasteiger partial charge in [0.2, 0.25) is 5.91 Å². The summed E-state index contributed by atoms with van der Waals surface area (Å²) in [6, 6.07) is 6.26. The van der Waals surface area contributed by atoms with Crippen LogP contribution in [0.1, 0.15) is 70.4 Å². The summed E-state index contributed by atoms with van der Waals surface area (Å²) in [4.78, 5) is 15.6. The van der Waals surface area contributed by atoms with Gasteiger partial charge in [0.25, 0.3) is 0 Å². The molecule has 2 saturated carbocycles. The predicted octanol–water partition coefficient (Wildman–Crippen LogP) is 4.40. The number of aryl methyl sites for hydroxylation is 1. The third-order valence-corrected chi connectivity index (χ3v) is 7.96. The Morgan fingerprint density at radius 2 is 2.10 bits per heavy atom. The second kappa shape index (κ2) is 6.45. The molecule has 4 bridgehead atoms. The Hall–Kier alpha value is -1.59. The van der Waals surface area contributed by atoms with Gasteiger partial charge in [0.05, 0.1) is 21.8 Å². The first-order valence-corrected chi connectivity index (χ1v) is 11.2. The fraction of sp³-hybridized carbons (Fsp3) is 0.652. The summed E-state index contributed by atoms with van der Waals surface area (Å²) in [6.07, 6.45) is 5.83. The van der Waals surface area contributed by atoms with Gasteiger partial charge in [-0.25, -0.2) is 0 Å². The van der Waals surface area contributed by atoms with Crippen LogP contribution >= 0.6 is 11.6 Å². The van der Waals surface area contributed by atoms with Crippen molar-refractivity contribution in [3.8, 4) is 0 Å². The molecule has 1 aromatic heterocycles. The van der Waals surface area contributed by atoms with E-state index in [1.165, 1.54) is 0 Å². The molecule has 4 aliphatic rings. The Labute approximate surface area is 177 Å². The summed E-state index contributed by atoms with van der Waals surface area (Å²) >= 11 is 6.48. The number of piperidine rings is 1. The number of benzene rings is 1. The third-order valence-electron chi connectivity index (χ3n) is 7.65. The summed E-state index contributed by atoms with van der Waals surface area (Å²) in [7, 11) is 1.92. The quantitative estimate of drug-likeness (QED) is 0.807. The lowest BCUT2D eigenvalue weighted by Gasteiger charge is -2.54. The minimum atomic E-state index is -0.586. The highest BCUT2D eigenvalue weighted by atomic mass is 35.5. The van der Waals surface area contributed by atoms with E-state index in [-0.39, 0.29) is 29.3 Å². The largest absolute Gasteiger partial charge is 0.390 e. The first-order chi connectivity index (χ1) is 13.7. The number of carbonyl (C=O) groups is 1. The Morgan fingerprint density at radius 1 is 1.34 bits per heavy atom. The monoisotopic (exact) mass is 415 g/mol. The molecule has 156 valence electrons. The Kier molecular flexibility index (Phi) is 4.31. The molecule has 29 heavy (non-hydrogen) atoms. The van der Waals surface area contributed by atoms with Crippen LogP contribution in [-0.4, -0.2) is 43.4 Å². The molecular formula is C23H30ClN3O2. The van der Waals surface area contributed by atoms with Gasteiger partial charge in [-0.2, -0.15) is 5.10 Å². The number of amides is 1. The number of fused-ring (bicyclic) bond motifs is 2. The van der Waals surface area contributed by atoms with E-state index in [0.717, 1.165) is 55.1 Å². The van der Waals surface area contributed by atoms with Crippen molar-refractivity contribution >= 4 is 28.4 Å². The van der Waals surface area contributed by atoms with Gasteiger partial charge < -0.3 is 10.0 Å². The maximum Gasteiger partial charge on any atom is 0.223 e. The smallest absolute Gasteiger partial charge is 0.223 e. The van der Waals surface area contributed by atoms with E-state index in [4.69, 9.17) is 16.7 Å². The minimum Gasteiger partial charge on any atom is -0.390 e. The van der Waals surface area contributed by atoms with E-state index in [0.29, 0.717) is 11.4 Å². The van der Waals surface area contributed by atoms with Gasteiger partial charge >= 0.3 is 0 Å². The van der Waals surface area contributed by atoms with Crippen LogP contribution in [0.15, 0.2) is 18.2 Å². The van der Waals surface area contributed by atoms with Crippen molar-refractivity contribution in [2.24, 2.45) is 12.5 Å². The van der Waals surface area contributed by atoms with Gasteiger partial charge in [0, 0.05) is 36.9 Å². The topological polar surface area (TPSA) is 58.4 Å². The van der Waals surface area contributed by atoms with Crippen LogP contribution in [-0.2, 0) is 11.8 Å². The zero-order chi connectivity index (χ0) is 20.6. The summed E-state index contributed by atoms with van der Waals surface area (Å²) in [5.74, 6) is 0.190. The van der Waals surface area contributed by atoms with E-state index < -0.39 is 5.60 Å². The molecule has 5 nitrogen and oxygen atoms in total. The molecule has 5 atom stereocenters. The van der Waals surface area contributed by atoms with Crippen LogP contribution in [0.25, 0.3) is 10.9 Å². The fourth-order valence-electron chi connectivity index (χ4n) is 6.72. The van der Waals surface area contributed by atoms with Crippen molar-refractivity contribution < 1.29 is 9.90 Å². The zero-order valence-corrected chi connectivity index (χ0v) is 18.2. The Morgan fingerprint density at radius 3 is 2.90 bits per heavy atom. The minimum absolute atomic E-state index is 0.0108. The standard InChI is InChI=1S/C23H30ClN3O2/c1-14(21-20-17(24)5-4-6-18(20)26(3)25-21)9-19(28)27-15-7-8-23(29)12-16(27)11-22(2,10-15)13-23/h4-6,14-16,29H,7-13H2,1-3H3. The maximum atomic E-state index is 13.5. The third kappa shape index (κ3) is 3.09. The highest BCUT2D eigenvalue weighted by Crippen LogP contribution is 2.55. The number of hydrogen-bond donors (Lipinski definition) is 1. The number of nitrogens with zero attached hydrogens (tertiary/aromatic N) is 3. The predicted molar refractivity (Wildman–Crippen MR) is 114 cm³/mol. The Bertz CT molecular complexity index is 982. The summed E-state index contributed by atoms with van der Waals surface area (Å²) in [5.41, 5.74) is 1.48. The van der Waals surface area contributed by atoms with E-state index >= 15 is 0 Å². The summed E-state index contributed by atoms with van der Waals surface area (Å²) < 4.78 is 1.85. The van der Waals surface area contributed by atoms with Gasteiger partial charge in [-0.15, -0.1) is 0 Å². The van der Waals surface area contributed by atoms with Gasteiger partial charge in [0.15, 0.2) is 0 Å². The van der Waals surface area contributed by atoms with Crippen molar-refractivity contribution in [1.29, 1.82) is 0 Å². The van der Waals surface area contributed by atoms with Crippen LogP contribution in [0.2, 0.25) is 5.02 Å². The van der Waals surface area contributed by atoms with Crippen LogP contribution < -0.4 is 0 Å². The molecule has 1 N–H and O–H groups in total. The molecule has 2 aromatic rings. The molecule has 5 unspecified atom stereocenters. The van der Waals surface area contributed by atoms with Gasteiger partial charge in [0.1, 0.15) is 0 Å². The lowest BCUT2D eigenvalue weighted by atomic mass is 9.63. The average Bonchev–Trinajstić information content (AvgIpc) is 2.87. The van der Waals surface area contributed by atoms with Gasteiger partial charge in [-0.3, -0.25) is 9.48 Å². The zero-order valence-electron chi connectivity index (χ0n) is 17.5. The SMILES string of the molecule is CC(CC(=O)N1C2CCC3(O)CC1CC(C)(C2)C3)c1nn(C)c2cccc(Cl)c12. The van der Waals surface area contributed by atoms with Crippen molar-refractivity contribution in [3.63, 3.8) is 0 Å². The Balaban J connectivity index is 1.41. The summed E-state index contributed by atoms with van der Waals surface area (Å²) in [6.45, 7) is 4.37. The molecule has 0 spiro atoms. The van der Waals surface area contributed by atoms with Crippen LogP contribution in [0.3, 0.4) is 0 Å². The molecule has 6 heteroatoms. The molecule has 2 saturated heterocycles. The number of carbonyl (C=O) groups excluding carboxylic acids is 1. The molecule has 2 aliphatic heterocycles. The molecule has 6 rings (SSSR count). The molecule has 4 fully saturated rings. The number of hydrogen-bond acceptors (Lipinski definition) is 3. The number of halogens is 1. The van der Waals surface area contributed by atoms with Crippen LogP contribution in [0.4, 0.5) is 0 Å². The number of aliphatic hydroxyl groups is 1. The van der Waals surface area contributed by atoms with E-state index in [1.807, 2.05) is 29.9 Å². The van der Waals surface area contributed by atoms with Crippen LogP contribution in [0.5, 0.6) is 0 Å². The molecular weight excluding hydrogens is 386 g/mol. The van der Waals surface area contributed by atoms with Crippen molar-refractivity contribution in [2.45, 2.75) is 82.4 Å². The summed E-state index contributed by atoms with van der Waals surface area (Å²) in [5, 5.41) is 17.4. The van der Waals surface area contributed by atoms with Crippen molar-refractivity contribution in [3.05, 3.63) is 28.9 Å². The maximum absolute atomic E-state index is 13.5. The molecule has 2 aliphatic carbocycles. The molecule has 0 radical (unpaired) electrons. The number of aromatic nitrogens is 2. The van der Waals surface area contributed by atoms with Gasteiger partial charge in [-0.05, 0) is 56.1 Å². The fourth-order valence-corrected chi connectivity index (χ4v) is 6.99. The first kappa shape index (κ1) is 19.4. The van der Waals surface area contributed by atoms with E-state index in [1.54, 1.807) is 0 Å². The molecule has 1 aromatic carbocycles. The number of rotatable bonds is 3. The lowest BCUT2D eigenvalue weighted by Crippen LogP contribution is -2.58. The highest BCUT2D eigenvalue weighted by Gasteiger charge is 2.56. The van der Waals surface area contributed by atoms with E-state index in [2.05, 4.69) is 18.7 Å². The average molecular weight is 416 g/mol. The van der Waals surface area contributed by atoms with E-state index in [9.17, 15) is 9.90 Å². The molecule has 1 amide bonds. The lowest BCUT2D eigenvalue weighted by molar-refractivity contribution is -0.149. The normalized spacial score (nSPS) is 34.6. The second-order valence-electron chi connectivity index (χ2n) is 10.2. The van der Waals surface area contributed by atoms with Crippen molar-refractivity contribution in [2.75, 3.05) is 0 Å². The van der Waals surface area contributed by atoms with Gasteiger partial charge in [-0.1, -0.05) is 31.5 Å². The first-order valence-electron chi connectivity index (χ1n) is 10.8. The second-order valence-corrected chi connectivity index (χ2v) is 10.6. The van der Waals surface area contributed by atoms with Crippen LogP contribution in [0, 0.1) is 5.41 Å². The van der Waals surface area contributed by atoms with Crippen molar-refractivity contribution in [1.82, 2.24) is 14.7 Å².